The van der Waals surface area contributed by atoms with Crippen molar-refractivity contribution in [2.24, 2.45) is 10.2 Å². The molecule has 0 saturated heterocycles. The highest BCUT2D eigenvalue weighted by molar-refractivity contribution is 6.07. The largest absolute Gasteiger partial charge is 0.354 e. The van der Waals surface area contributed by atoms with Gasteiger partial charge in [-0.2, -0.15) is 0 Å². The monoisotopic (exact) mass is 184 g/mol. The van der Waals surface area contributed by atoms with E-state index in [0.29, 0.717) is 17.1 Å². The van der Waals surface area contributed by atoms with E-state index in [0.717, 1.165) is 4.48 Å². The summed E-state index contributed by atoms with van der Waals surface area (Å²) in [4.78, 5) is 15.7. The first-order valence-electron chi connectivity index (χ1n) is 3.90. The van der Waals surface area contributed by atoms with E-state index in [1.165, 1.54) is 12.3 Å². The summed E-state index contributed by atoms with van der Waals surface area (Å²) < 4.78 is 0.976. The molecule has 5 nitrogen and oxygen atoms in total. The third kappa shape index (κ3) is 1.22. The number of nitrogens with zero attached hydrogens (tertiary/aromatic N) is 4. The van der Waals surface area contributed by atoms with Gasteiger partial charge in [-0.3, -0.25) is 4.79 Å². The zero-order chi connectivity index (χ0) is 10.1. The van der Waals surface area contributed by atoms with Crippen LogP contribution in [0.5, 0.6) is 0 Å². The third-order valence-corrected chi connectivity index (χ3v) is 1.86. The molecule has 1 aliphatic rings. The average Bonchev–Trinajstić information content (AvgIpc) is 2.39. The van der Waals surface area contributed by atoms with Crippen LogP contribution in [-0.4, -0.2) is 29.5 Å². The predicted molar refractivity (Wildman–Crippen MR) is 53.9 cm³/mol. The molecule has 0 fully saturated rings. The van der Waals surface area contributed by atoms with E-state index in [-0.39, 0.29) is 5.56 Å². The number of rotatable bonds is 0. The molecule has 0 spiro atoms. The van der Waals surface area contributed by atoms with Crippen LogP contribution in [-0.2, 0) is 0 Å². The minimum Gasteiger partial charge on any atom is -0.354 e. The van der Waals surface area contributed by atoms with Crippen molar-refractivity contribution >= 4 is 26.1 Å². The van der Waals surface area contributed by atoms with Crippen LogP contribution < -0.4 is 5.56 Å². The van der Waals surface area contributed by atoms with Crippen LogP contribution in [0.2, 0.25) is 0 Å². The maximum absolute atomic E-state index is 11.6. The lowest BCUT2D eigenvalue weighted by Crippen LogP contribution is -2.27. The summed E-state index contributed by atoms with van der Waals surface area (Å²) in [5.41, 5.74) is 0.470. The molecule has 2 radical (unpaired) electrons. The molecule has 0 N–H and O–H groups in total. The molecule has 0 atom stereocenters. The van der Waals surface area contributed by atoms with Crippen molar-refractivity contribution in [2.75, 3.05) is 0 Å². The van der Waals surface area contributed by atoms with Crippen LogP contribution in [0.3, 0.4) is 0 Å². The first-order chi connectivity index (χ1) is 6.70. The van der Waals surface area contributed by atoms with Crippen molar-refractivity contribution in [1.29, 1.82) is 0 Å². The van der Waals surface area contributed by atoms with Gasteiger partial charge in [0.15, 0.2) is 0 Å². The fraction of sp³-hybridized carbons (Fsp3) is 0.125. The van der Waals surface area contributed by atoms with Gasteiger partial charge >= 0.3 is 0 Å². The van der Waals surface area contributed by atoms with Crippen molar-refractivity contribution in [1.82, 2.24) is 9.46 Å². The van der Waals surface area contributed by atoms with E-state index in [1.807, 2.05) is 0 Å². The molecule has 6 heteroatoms. The number of fused-ring (bicyclic) bond motifs is 1. The average molecular weight is 184 g/mol. The van der Waals surface area contributed by atoms with Gasteiger partial charge < -0.3 is 4.48 Å². The fourth-order valence-corrected chi connectivity index (χ4v) is 1.12. The molecule has 0 aliphatic carbocycles. The lowest BCUT2D eigenvalue weighted by molar-refractivity contribution is 0.942. The van der Waals surface area contributed by atoms with Crippen LogP contribution in [0.4, 0.5) is 0 Å². The summed E-state index contributed by atoms with van der Waals surface area (Å²) in [7, 11) is 5.47. The van der Waals surface area contributed by atoms with Crippen LogP contribution in [0.15, 0.2) is 15.0 Å². The minimum absolute atomic E-state index is 0.326. The minimum atomic E-state index is -0.341. The summed E-state index contributed by atoms with van der Waals surface area (Å²) >= 11 is 0. The zero-order valence-electron chi connectivity index (χ0n) is 7.43. The predicted octanol–water partition coefficient (Wildman–Crippen LogP) is -0.486. The van der Waals surface area contributed by atoms with Gasteiger partial charge in [-0.05, 0) is 6.92 Å². The highest BCUT2D eigenvalue weighted by Crippen LogP contribution is 2.02. The molecule has 66 valence electrons. The molecule has 14 heavy (non-hydrogen) atoms. The molecule has 1 aliphatic heterocycles. The second kappa shape index (κ2) is 3.08. The van der Waals surface area contributed by atoms with Gasteiger partial charge in [0.1, 0.15) is 0 Å². The molecule has 2 heterocycles. The van der Waals surface area contributed by atoms with Crippen LogP contribution >= 0.6 is 0 Å². The Labute approximate surface area is 80.9 Å². The van der Waals surface area contributed by atoms with Crippen molar-refractivity contribution < 1.29 is 0 Å². The van der Waals surface area contributed by atoms with Gasteiger partial charge in [0.05, 0.1) is 23.3 Å². The Bertz CT molecular complexity index is 537. The first kappa shape index (κ1) is 8.65. The summed E-state index contributed by atoms with van der Waals surface area (Å²) in [6, 6.07) is 0. The van der Waals surface area contributed by atoms with Gasteiger partial charge in [0.2, 0.25) is 13.5 Å². The SMILES string of the molecule is [B]n1c(C)nc2c(c1=O)C=NN=C=C2. The highest BCUT2D eigenvalue weighted by atomic mass is 16.1. The fourth-order valence-electron chi connectivity index (χ4n) is 1.12. The van der Waals surface area contributed by atoms with Crippen molar-refractivity contribution in [2.45, 2.75) is 6.92 Å². The summed E-state index contributed by atoms with van der Waals surface area (Å²) in [6.45, 7) is 1.65. The van der Waals surface area contributed by atoms with E-state index < -0.39 is 0 Å². The summed E-state index contributed by atoms with van der Waals surface area (Å²) in [5.74, 6) is 2.96. The van der Waals surface area contributed by atoms with E-state index >= 15 is 0 Å². The summed E-state index contributed by atoms with van der Waals surface area (Å²) in [6.07, 6.45) is 2.82. The first-order valence-corrected chi connectivity index (χ1v) is 3.90. The third-order valence-electron chi connectivity index (χ3n) is 1.86. The lowest BCUT2D eigenvalue weighted by Gasteiger charge is -2.05. The smallest absolute Gasteiger partial charge is 0.249 e. The van der Waals surface area contributed by atoms with E-state index in [1.54, 1.807) is 6.92 Å². The van der Waals surface area contributed by atoms with E-state index in [9.17, 15) is 4.79 Å². The number of aromatic nitrogens is 2. The lowest BCUT2D eigenvalue weighted by atomic mass is 10.2. The van der Waals surface area contributed by atoms with Crippen molar-refractivity contribution in [3.05, 3.63) is 27.4 Å². The standard InChI is InChI=1S/C8H5BN4O/c1-5-12-7-2-3-10-11-4-6(7)8(14)13(5)9/h2,4H,1H3. The Kier molecular flexibility index (Phi) is 1.91. The molecule has 0 aromatic carbocycles. The van der Waals surface area contributed by atoms with E-state index in [2.05, 4.69) is 21.1 Å². The van der Waals surface area contributed by atoms with E-state index in [4.69, 9.17) is 7.98 Å². The Morgan fingerprint density at radius 3 is 3.14 bits per heavy atom. The number of aryl methyl sites for hydroxylation is 1. The maximum atomic E-state index is 11.6. The molecule has 1 aromatic rings. The van der Waals surface area contributed by atoms with Crippen molar-refractivity contribution in [3.63, 3.8) is 0 Å². The number of hydrogen-bond acceptors (Lipinski definition) is 4. The Hall–Kier alpha value is -1.94. The summed E-state index contributed by atoms with van der Waals surface area (Å²) in [5, 5.41) is 7.11. The molecular weight excluding hydrogens is 179 g/mol. The van der Waals surface area contributed by atoms with Crippen LogP contribution in [0, 0.1) is 6.92 Å². The topological polar surface area (TPSA) is 59.6 Å². The van der Waals surface area contributed by atoms with Gasteiger partial charge in [0.25, 0.3) is 0 Å². The van der Waals surface area contributed by atoms with Gasteiger partial charge in [-0.25, -0.2) is 4.98 Å². The normalized spacial score (nSPS) is 12.6. The molecule has 0 saturated carbocycles. The second-order valence-electron chi connectivity index (χ2n) is 2.75. The highest BCUT2D eigenvalue weighted by Gasteiger charge is 2.09. The molecule has 0 unspecified atom stereocenters. The quantitative estimate of drug-likeness (QED) is 0.511. The zero-order valence-corrected chi connectivity index (χ0v) is 7.43. The second-order valence-corrected chi connectivity index (χ2v) is 2.75. The molecule has 0 bridgehead atoms. The molecule has 2 rings (SSSR count). The van der Waals surface area contributed by atoms with Gasteiger partial charge in [0, 0.05) is 11.9 Å². The van der Waals surface area contributed by atoms with Crippen molar-refractivity contribution in [3.8, 4) is 0 Å². The maximum Gasteiger partial charge on any atom is 0.249 e. The molecule has 1 aromatic heterocycles. The molecular formula is C8H5BN4O. The van der Waals surface area contributed by atoms with Gasteiger partial charge in [-0.15, -0.1) is 10.2 Å². The van der Waals surface area contributed by atoms with Crippen LogP contribution in [0.1, 0.15) is 17.1 Å². The van der Waals surface area contributed by atoms with Gasteiger partial charge in [-0.1, -0.05) is 0 Å². The molecule has 0 amide bonds. The number of hydrogen-bond donors (Lipinski definition) is 0. The van der Waals surface area contributed by atoms with Crippen LogP contribution in [0.25, 0.3) is 6.08 Å². The Balaban J connectivity index is 2.86. The Morgan fingerprint density at radius 2 is 2.36 bits per heavy atom. The Morgan fingerprint density at radius 1 is 1.57 bits per heavy atom.